The van der Waals surface area contributed by atoms with Crippen LogP contribution in [-0.2, 0) is 0 Å². The van der Waals surface area contributed by atoms with Crippen LogP contribution in [0.1, 0.15) is 29.7 Å². The summed E-state index contributed by atoms with van der Waals surface area (Å²) in [6.07, 6.45) is -0.827. The predicted molar refractivity (Wildman–Crippen MR) is 70.9 cm³/mol. The number of hydrogen-bond acceptors (Lipinski definition) is 2. The zero-order valence-corrected chi connectivity index (χ0v) is 11.1. The van der Waals surface area contributed by atoms with Gasteiger partial charge in [0.05, 0.1) is 0 Å². The van der Waals surface area contributed by atoms with Crippen molar-refractivity contribution in [2.24, 2.45) is 0 Å². The summed E-state index contributed by atoms with van der Waals surface area (Å²) in [4.78, 5) is 12.1. The van der Waals surface area contributed by atoms with Gasteiger partial charge >= 0.3 is 6.09 Å². The highest BCUT2D eigenvalue weighted by atomic mass is 16.4. The average Bonchev–Trinajstić information content (AvgIpc) is 2.21. The maximum absolute atomic E-state index is 10.7. The minimum atomic E-state index is -0.827. The molecular weight excluding hydrogens is 228 g/mol. The second kappa shape index (κ2) is 4.98. The topological polar surface area (TPSA) is 52.6 Å². The average molecular weight is 248 g/mol. The standard InChI is InChI=1S/C14H20N2O2/c1-9-4-5-13(10(2)6-9)11(3)15-12-7-16(8-12)14(17)18/h4-6,11-12,15H,7-8H2,1-3H3,(H,17,18). The first-order chi connectivity index (χ1) is 8.47. The van der Waals surface area contributed by atoms with Crippen molar-refractivity contribution in [3.63, 3.8) is 0 Å². The molecule has 98 valence electrons. The summed E-state index contributed by atoms with van der Waals surface area (Å²) < 4.78 is 0. The molecule has 0 radical (unpaired) electrons. The Labute approximate surface area is 108 Å². The number of benzene rings is 1. The van der Waals surface area contributed by atoms with Gasteiger partial charge < -0.3 is 15.3 Å². The first-order valence-electron chi connectivity index (χ1n) is 6.28. The molecule has 1 aromatic rings. The summed E-state index contributed by atoms with van der Waals surface area (Å²) in [5.74, 6) is 0. The number of hydrogen-bond donors (Lipinski definition) is 2. The lowest BCUT2D eigenvalue weighted by Crippen LogP contribution is -2.59. The number of amides is 1. The van der Waals surface area contributed by atoms with E-state index in [4.69, 9.17) is 5.11 Å². The summed E-state index contributed by atoms with van der Waals surface area (Å²) in [5.41, 5.74) is 3.84. The van der Waals surface area contributed by atoms with Gasteiger partial charge in [-0.3, -0.25) is 0 Å². The van der Waals surface area contributed by atoms with Crippen LogP contribution in [0.5, 0.6) is 0 Å². The number of likely N-dealkylation sites (tertiary alicyclic amines) is 1. The van der Waals surface area contributed by atoms with Gasteiger partial charge in [0.2, 0.25) is 0 Å². The molecule has 1 atom stereocenters. The van der Waals surface area contributed by atoms with Crippen LogP contribution in [0.4, 0.5) is 4.79 Å². The molecular formula is C14H20N2O2. The largest absolute Gasteiger partial charge is 0.465 e. The molecule has 1 aliphatic rings. The SMILES string of the molecule is Cc1ccc(C(C)NC2CN(C(=O)O)C2)c(C)c1. The number of rotatable bonds is 3. The van der Waals surface area contributed by atoms with E-state index < -0.39 is 6.09 Å². The monoisotopic (exact) mass is 248 g/mol. The molecule has 1 aliphatic heterocycles. The van der Waals surface area contributed by atoms with E-state index in [2.05, 4.69) is 44.3 Å². The molecule has 2 rings (SSSR count). The molecule has 1 saturated heterocycles. The number of carbonyl (C=O) groups is 1. The van der Waals surface area contributed by atoms with Gasteiger partial charge in [0.25, 0.3) is 0 Å². The maximum Gasteiger partial charge on any atom is 0.407 e. The van der Waals surface area contributed by atoms with Crippen molar-refractivity contribution < 1.29 is 9.90 Å². The lowest BCUT2D eigenvalue weighted by Gasteiger charge is -2.39. The van der Waals surface area contributed by atoms with Crippen LogP contribution in [0.25, 0.3) is 0 Å². The van der Waals surface area contributed by atoms with Crippen LogP contribution in [0.2, 0.25) is 0 Å². The molecule has 1 amide bonds. The van der Waals surface area contributed by atoms with Gasteiger partial charge in [-0.1, -0.05) is 23.8 Å². The molecule has 0 saturated carbocycles. The van der Waals surface area contributed by atoms with Gasteiger partial charge in [-0.05, 0) is 31.9 Å². The first-order valence-corrected chi connectivity index (χ1v) is 6.28. The van der Waals surface area contributed by atoms with E-state index in [0.717, 1.165) is 0 Å². The maximum atomic E-state index is 10.7. The summed E-state index contributed by atoms with van der Waals surface area (Å²) in [6.45, 7) is 7.51. The van der Waals surface area contributed by atoms with Crippen LogP contribution in [0.3, 0.4) is 0 Å². The van der Waals surface area contributed by atoms with Gasteiger partial charge in [0, 0.05) is 25.2 Å². The highest BCUT2D eigenvalue weighted by Gasteiger charge is 2.31. The smallest absolute Gasteiger partial charge is 0.407 e. The number of nitrogens with one attached hydrogen (secondary N) is 1. The third-order valence-electron chi connectivity index (χ3n) is 3.53. The number of aryl methyl sites for hydroxylation is 2. The quantitative estimate of drug-likeness (QED) is 0.863. The molecule has 1 fully saturated rings. The lowest BCUT2D eigenvalue weighted by molar-refractivity contribution is 0.0926. The van der Waals surface area contributed by atoms with E-state index in [0.29, 0.717) is 13.1 Å². The van der Waals surface area contributed by atoms with Crippen LogP contribution in [-0.4, -0.2) is 35.2 Å². The third kappa shape index (κ3) is 2.64. The van der Waals surface area contributed by atoms with Crippen molar-refractivity contribution in [2.75, 3.05) is 13.1 Å². The summed E-state index contributed by atoms with van der Waals surface area (Å²) in [5, 5.41) is 12.2. The minimum Gasteiger partial charge on any atom is -0.465 e. The number of carboxylic acid groups (broad SMARTS) is 1. The molecule has 2 N–H and O–H groups in total. The zero-order valence-electron chi connectivity index (χ0n) is 11.1. The van der Waals surface area contributed by atoms with Crippen molar-refractivity contribution >= 4 is 6.09 Å². The van der Waals surface area contributed by atoms with Crippen LogP contribution >= 0.6 is 0 Å². The van der Waals surface area contributed by atoms with Gasteiger partial charge in [-0.15, -0.1) is 0 Å². The van der Waals surface area contributed by atoms with E-state index in [1.54, 1.807) is 0 Å². The van der Waals surface area contributed by atoms with Crippen molar-refractivity contribution in [1.82, 2.24) is 10.2 Å². The first kappa shape index (κ1) is 12.9. The molecule has 0 spiro atoms. The molecule has 1 heterocycles. The van der Waals surface area contributed by atoms with E-state index in [1.165, 1.54) is 21.6 Å². The Kier molecular flexibility index (Phi) is 3.57. The van der Waals surface area contributed by atoms with Crippen LogP contribution in [0, 0.1) is 13.8 Å². The van der Waals surface area contributed by atoms with Crippen molar-refractivity contribution in [3.05, 3.63) is 34.9 Å². The Morgan fingerprint density at radius 2 is 2.11 bits per heavy atom. The second-order valence-electron chi connectivity index (χ2n) is 5.13. The molecule has 0 aliphatic carbocycles. The Hall–Kier alpha value is -1.55. The fraction of sp³-hybridized carbons (Fsp3) is 0.500. The van der Waals surface area contributed by atoms with Crippen molar-refractivity contribution in [1.29, 1.82) is 0 Å². The molecule has 18 heavy (non-hydrogen) atoms. The Morgan fingerprint density at radius 1 is 1.44 bits per heavy atom. The van der Waals surface area contributed by atoms with E-state index in [9.17, 15) is 4.79 Å². The highest BCUT2D eigenvalue weighted by molar-refractivity contribution is 5.66. The zero-order chi connectivity index (χ0) is 13.3. The van der Waals surface area contributed by atoms with E-state index in [1.807, 2.05) is 0 Å². The van der Waals surface area contributed by atoms with Crippen molar-refractivity contribution in [2.45, 2.75) is 32.9 Å². The summed E-state index contributed by atoms with van der Waals surface area (Å²) in [6, 6.07) is 6.97. The molecule has 4 nitrogen and oxygen atoms in total. The normalized spacial score (nSPS) is 17.4. The molecule has 4 heteroatoms. The minimum absolute atomic E-state index is 0.256. The predicted octanol–water partition coefficient (Wildman–Crippen LogP) is 2.32. The molecule has 0 aromatic heterocycles. The molecule has 1 unspecified atom stereocenters. The summed E-state index contributed by atoms with van der Waals surface area (Å²) in [7, 11) is 0. The lowest BCUT2D eigenvalue weighted by atomic mass is 9.98. The van der Waals surface area contributed by atoms with Gasteiger partial charge in [-0.2, -0.15) is 0 Å². The molecule has 0 bridgehead atoms. The van der Waals surface area contributed by atoms with Crippen LogP contribution in [0.15, 0.2) is 18.2 Å². The third-order valence-corrected chi connectivity index (χ3v) is 3.53. The second-order valence-corrected chi connectivity index (χ2v) is 5.13. The van der Waals surface area contributed by atoms with Gasteiger partial charge in [0.15, 0.2) is 0 Å². The van der Waals surface area contributed by atoms with Gasteiger partial charge in [-0.25, -0.2) is 4.79 Å². The Morgan fingerprint density at radius 3 is 2.67 bits per heavy atom. The van der Waals surface area contributed by atoms with Crippen molar-refractivity contribution in [3.8, 4) is 0 Å². The molecule has 1 aromatic carbocycles. The highest BCUT2D eigenvalue weighted by Crippen LogP contribution is 2.20. The van der Waals surface area contributed by atoms with Gasteiger partial charge in [0.1, 0.15) is 0 Å². The summed E-state index contributed by atoms with van der Waals surface area (Å²) >= 11 is 0. The number of nitrogens with zero attached hydrogens (tertiary/aromatic N) is 1. The Balaban J connectivity index is 1.93. The fourth-order valence-corrected chi connectivity index (χ4v) is 2.49. The Bertz CT molecular complexity index is 453. The van der Waals surface area contributed by atoms with E-state index >= 15 is 0 Å². The van der Waals surface area contributed by atoms with E-state index in [-0.39, 0.29) is 12.1 Å². The fourth-order valence-electron chi connectivity index (χ4n) is 2.49. The van der Waals surface area contributed by atoms with Crippen LogP contribution < -0.4 is 5.32 Å².